The van der Waals surface area contributed by atoms with E-state index in [9.17, 15) is 4.79 Å². The highest BCUT2D eigenvalue weighted by atomic mass is 35.5. The summed E-state index contributed by atoms with van der Waals surface area (Å²) in [7, 11) is 5.23. The fraction of sp³-hybridized carbons (Fsp3) is 0.409. The minimum absolute atomic E-state index is 0.0529. The maximum atomic E-state index is 13.1. The van der Waals surface area contributed by atoms with E-state index < -0.39 is 0 Å². The molecule has 0 saturated carbocycles. The predicted octanol–water partition coefficient (Wildman–Crippen LogP) is 4.13. The zero-order chi connectivity index (χ0) is 20.1. The van der Waals surface area contributed by atoms with Gasteiger partial charge >= 0.3 is 0 Å². The lowest BCUT2D eigenvalue weighted by Gasteiger charge is -2.37. The van der Waals surface area contributed by atoms with Crippen molar-refractivity contribution in [3.8, 4) is 5.75 Å². The number of anilines is 1. The number of hydrogen-bond donors (Lipinski definition) is 1. The quantitative estimate of drug-likeness (QED) is 0.790. The number of hydrogen-bond acceptors (Lipinski definition) is 4. The van der Waals surface area contributed by atoms with Crippen LogP contribution in [0.5, 0.6) is 5.75 Å². The summed E-state index contributed by atoms with van der Waals surface area (Å²) in [6.07, 6.45) is 1.92. The van der Waals surface area contributed by atoms with E-state index in [4.69, 9.17) is 16.3 Å². The number of ether oxygens (including phenoxy) is 1. The summed E-state index contributed by atoms with van der Waals surface area (Å²) < 4.78 is 5.43. The zero-order valence-corrected chi connectivity index (χ0v) is 17.5. The molecule has 6 heteroatoms. The Hall–Kier alpha value is -2.24. The zero-order valence-electron chi connectivity index (χ0n) is 16.7. The minimum Gasteiger partial charge on any atom is -0.496 e. The highest BCUT2D eigenvalue weighted by Gasteiger charge is 2.28. The first kappa shape index (κ1) is 20.5. The molecule has 0 aliphatic carbocycles. The van der Waals surface area contributed by atoms with Crippen molar-refractivity contribution in [1.82, 2.24) is 9.80 Å². The Balaban J connectivity index is 1.64. The van der Waals surface area contributed by atoms with Crippen molar-refractivity contribution in [2.45, 2.75) is 25.4 Å². The van der Waals surface area contributed by atoms with E-state index in [0.29, 0.717) is 16.3 Å². The molecule has 1 amide bonds. The van der Waals surface area contributed by atoms with Crippen molar-refractivity contribution < 1.29 is 9.53 Å². The van der Waals surface area contributed by atoms with Crippen LogP contribution in [0.15, 0.2) is 42.5 Å². The van der Waals surface area contributed by atoms with Crippen LogP contribution in [0.3, 0.4) is 0 Å². The number of likely N-dealkylation sites (tertiary alicyclic amines) is 1. The molecule has 0 bridgehead atoms. The van der Waals surface area contributed by atoms with Crippen molar-refractivity contribution in [3.05, 3.63) is 58.6 Å². The standard InChI is InChI=1S/C22H28ClN3O2/c1-24-20-14-21(28-3)18(13-19(20)23)22(27)25(2)17-9-11-26(12-10-17)15-16-7-5-4-6-8-16/h4-8,13-14,17,24H,9-12,15H2,1-3H3. The van der Waals surface area contributed by atoms with Crippen LogP contribution >= 0.6 is 11.6 Å². The van der Waals surface area contributed by atoms with Gasteiger partial charge in [0.15, 0.2) is 0 Å². The highest BCUT2D eigenvalue weighted by Crippen LogP contribution is 2.32. The lowest BCUT2D eigenvalue weighted by atomic mass is 10.0. The number of carbonyl (C=O) groups is 1. The van der Waals surface area contributed by atoms with Gasteiger partial charge in [-0.1, -0.05) is 41.9 Å². The van der Waals surface area contributed by atoms with Gasteiger partial charge in [0.1, 0.15) is 5.75 Å². The number of benzene rings is 2. The molecule has 5 nitrogen and oxygen atoms in total. The van der Waals surface area contributed by atoms with Crippen LogP contribution in [-0.2, 0) is 6.54 Å². The normalized spacial score (nSPS) is 15.3. The summed E-state index contributed by atoms with van der Waals surface area (Å²) in [6, 6.07) is 14.2. The van der Waals surface area contributed by atoms with Gasteiger partial charge in [-0.3, -0.25) is 9.69 Å². The van der Waals surface area contributed by atoms with Gasteiger partial charge in [0.2, 0.25) is 0 Å². The molecule has 0 radical (unpaired) electrons. The molecule has 28 heavy (non-hydrogen) atoms. The van der Waals surface area contributed by atoms with Crippen LogP contribution in [-0.4, -0.2) is 56.0 Å². The van der Waals surface area contributed by atoms with E-state index in [1.54, 1.807) is 26.3 Å². The summed E-state index contributed by atoms with van der Waals surface area (Å²) in [5, 5.41) is 3.52. The number of nitrogens with one attached hydrogen (secondary N) is 1. The number of amides is 1. The maximum absolute atomic E-state index is 13.1. The number of carbonyl (C=O) groups excluding carboxylic acids is 1. The number of rotatable bonds is 6. The number of halogens is 1. The van der Waals surface area contributed by atoms with E-state index in [0.717, 1.165) is 38.2 Å². The summed E-state index contributed by atoms with van der Waals surface area (Å²) in [5.74, 6) is 0.482. The van der Waals surface area contributed by atoms with Crippen molar-refractivity contribution >= 4 is 23.2 Å². The average Bonchev–Trinajstić information content (AvgIpc) is 2.73. The van der Waals surface area contributed by atoms with Crippen molar-refractivity contribution in [2.75, 3.05) is 39.6 Å². The third-order valence-electron chi connectivity index (χ3n) is 5.46. The number of nitrogens with zero attached hydrogens (tertiary/aromatic N) is 2. The summed E-state index contributed by atoms with van der Waals surface area (Å²) in [6.45, 7) is 2.92. The Bertz CT molecular complexity index is 805. The molecule has 1 heterocycles. The molecule has 0 aromatic heterocycles. The Kier molecular flexibility index (Phi) is 6.81. The molecule has 2 aromatic carbocycles. The molecule has 1 saturated heterocycles. The van der Waals surface area contributed by atoms with E-state index in [-0.39, 0.29) is 11.9 Å². The third-order valence-corrected chi connectivity index (χ3v) is 5.78. The van der Waals surface area contributed by atoms with Gasteiger partial charge in [-0.2, -0.15) is 0 Å². The van der Waals surface area contributed by atoms with E-state index in [1.807, 2.05) is 18.0 Å². The van der Waals surface area contributed by atoms with Crippen LogP contribution in [0.4, 0.5) is 5.69 Å². The van der Waals surface area contributed by atoms with Crippen LogP contribution in [0.25, 0.3) is 0 Å². The van der Waals surface area contributed by atoms with E-state index >= 15 is 0 Å². The molecule has 2 aromatic rings. The topological polar surface area (TPSA) is 44.8 Å². The maximum Gasteiger partial charge on any atom is 0.257 e. The van der Waals surface area contributed by atoms with Gasteiger partial charge < -0.3 is 15.0 Å². The Morgan fingerprint density at radius 3 is 2.54 bits per heavy atom. The fourth-order valence-electron chi connectivity index (χ4n) is 3.74. The molecule has 0 atom stereocenters. The van der Waals surface area contributed by atoms with E-state index in [1.165, 1.54) is 5.56 Å². The van der Waals surface area contributed by atoms with Crippen molar-refractivity contribution in [3.63, 3.8) is 0 Å². The van der Waals surface area contributed by atoms with Crippen LogP contribution in [0.2, 0.25) is 5.02 Å². The van der Waals surface area contributed by atoms with Crippen LogP contribution in [0.1, 0.15) is 28.8 Å². The van der Waals surface area contributed by atoms with Crippen molar-refractivity contribution in [2.24, 2.45) is 0 Å². The molecule has 1 fully saturated rings. The second kappa shape index (κ2) is 9.30. The SMILES string of the molecule is CNc1cc(OC)c(C(=O)N(C)C2CCN(Cc3ccccc3)CC2)cc1Cl. The highest BCUT2D eigenvalue weighted by molar-refractivity contribution is 6.33. The number of methoxy groups -OCH3 is 1. The Morgan fingerprint density at radius 2 is 1.93 bits per heavy atom. The fourth-order valence-corrected chi connectivity index (χ4v) is 4.00. The van der Waals surface area contributed by atoms with Crippen LogP contribution in [0, 0.1) is 0 Å². The summed E-state index contributed by atoms with van der Waals surface area (Å²) in [5.41, 5.74) is 2.57. The largest absolute Gasteiger partial charge is 0.496 e. The lowest BCUT2D eigenvalue weighted by Crippen LogP contribution is -2.45. The molecule has 1 N–H and O–H groups in total. The molecule has 1 aliphatic rings. The van der Waals surface area contributed by atoms with Gasteiger partial charge in [-0.05, 0) is 24.5 Å². The van der Waals surface area contributed by atoms with Gasteiger partial charge in [0.25, 0.3) is 5.91 Å². The Morgan fingerprint density at radius 1 is 1.25 bits per heavy atom. The first-order valence-corrected chi connectivity index (χ1v) is 10.00. The average molecular weight is 402 g/mol. The second-order valence-electron chi connectivity index (χ2n) is 7.19. The first-order valence-electron chi connectivity index (χ1n) is 9.62. The summed E-state index contributed by atoms with van der Waals surface area (Å²) >= 11 is 6.29. The lowest BCUT2D eigenvalue weighted by molar-refractivity contribution is 0.0633. The summed E-state index contributed by atoms with van der Waals surface area (Å²) in [4.78, 5) is 17.4. The van der Waals surface area contributed by atoms with Crippen LogP contribution < -0.4 is 10.1 Å². The van der Waals surface area contributed by atoms with Crippen molar-refractivity contribution in [1.29, 1.82) is 0 Å². The molecule has 0 spiro atoms. The second-order valence-corrected chi connectivity index (χ2v) is 7.60. The van der Waals surface area contributed by atoms with E-state index in [2.05, 4.69) is 34.5 Å². The monoisotopic (exact) mass is 401 g/mol. The molecular formula is C22H28ClN3O2. The molecule has 1 aliphatic heterocycles. The third kappa shape index (κ3) is 4.59. The van der Waals surface area contributed by atoms with Gasteiger partial charge in [-0.25, -0.2) is 0 Å². The Labute approximate surface area is 172 Å². The predicted molar refractivity (Wildman–Crippen MR) is 114 cm³/mol. The number of piperidine rings is 1. The molecular weight excluding hydrogens is 374 g/mol. The molecule has 3 rings (SSSR count). The first-order chi connectivity index (χ1) is 13.5. The molecule has 0 unspecified atom stereocenters. The van der Waals surface area contributed by atoms with Gasteiger partial charge in [0, 0.05) is 45.8 Å². The minimum atomic E-state index is -0.0529. The molecule has 150 valence electrons. The van der Waals surface area contributed by atoms with Gasteiger partial charge in [-0.15, -0.1) is 0 Å². The van der Waals surface area contributed by atoms with Gasteiger partial charge in [0.05, 0.1) is 23.4 Å². The smallest absolute Gasteiger partial charge is 0.257 e.